The second-order valence-electron chi connectivity index (χ2n) is 4.79. The fourth-order valence-corrected chi connectivity index (χ4v) is 4.36. The number of sulfone groups is 1. The number of nitrogens with two attached hydrogens (primary N) is 1. The van der Waals surface area contributed by atoms with Crippen LogP contribution >= 0.6 is 12.2 Å². The van der Waals surface area contributed by atoms with Crippen molar-refractivity contribution in [1.82, 2.24) is 4.98 Å². The average molecular weight is 285 g/mol. The van der Waals surface area contributed by atoms with Crippen molar-refractivity contribution in [3.63, 3.8) is 0 Å². The molecule has 0 amide bonds. The van der Waals surface area contributed by atoms with Crippen molar-refractivity contribution in [3.05, 3.63) is 23.9 Å². The molecule has 2 heterocycles. The van der Waals surface area contributed by atoms with Gasteiger partial charge < -0.3 is 11.1 Å². The number of hydrogen-bond acceptors (Lipinski definition) is 5. The molecule has 1 aromatic heterocycles. The Morgan fingerprint density at radius 1 is 1.61 bits per heavy atom. The van der Waals surface area contributed by atoms with Crippen molar-refractivity contribution in [2.75, 3.05) is 16.8 Å². The van der Waals surface area contributed by atoms with E-state index in [2.05, 4.69) is 10.3 Å². The standard InChI is InChI=1S/C11H15N3O2S2/c1-11(4-6-18(15,16)7-11)14-10-8(9(12)17)3-2-5-13-10/h2-3,5H,4,6-7H2,1H3,(H2,12,17)(H,13,14). The first-order valence-corrected chi connectivity index (χ1v) is 7.78. The van der Waals surface area contributed by atoms with Crippen LogP contribution in [0.5, 0.6) is 0 Å². The molecule has 1 unspecified atom stereocenters. The van der Waals surface area contributed by atoms with E-state index >= 15 is 0 Å². The van der Waals surface area contributed by atoms with E-state index in [0.29, 0.717) is 17.8 Å². The Bertz CT molecular complexity index is 586. The summed E-state index contributed by atoms with van der Waals surface area (Å²) in [4.78, 5) is 4.43. The predicted octanol–water partition coefficient (Wildman–Crippen LogP) is 0.705. The minimum absolute atomic E-state index is 0.105. The van der Waals surface area contributed by atoms with E-state index in [1.54, 1.807) is 18.3 Å². The van der Waals surface area contributed by atoms with Gasteiger partial charge in [0.1, 0.15) is 10.8 Å². The second kappa shape index (κ2) is 4.47. The first-order chi connectivity index (χ1) is 8.31. The highest BCUT2D eigenvalue weighted by Gasteiger charge is 2.38. The van der Waals surface area contributed by atoms with Gasteiger partial charge in [0.15, 0.2) is 9.84 Å². The molecule has 0 aromatic carbocycles. The van der Waals surface area contributed by atoms with Crippen molar-refractivity contribution in [1.29, 1.82) is 0 Å². The van der Waals surface area contributed by atoms with Crippen molar-refractivity contribution < 1.29 is 8.42 Å². The lowest BCUT2D eigenvalue weighted by Crippen LogP contribution is -2.37. The van der Waals surface area contributed by atoms with E-state index in [4.69, 9.17) is 18.0 Å². The molecular weight excluding hydrogens is 270 g/mol. The molecule has 1 aliphatic rings. The summed E-state index contributed by atoms with van der Waals surface area (Å²) in [6.07, 6.45) is 2.18. The van der Waals surface area contributed by atoms with Gasteiger partial charge in [-0.05, 0) is 25.5 Å². The molecule has 0 bridgehead atoms. The highest BCUT2D eigenvalue weighted by Crippen LogP contribution is 2.27. The van der Waals surface area contributed by atoms with Crippen molar-refractivity contribution in [3.8, 4) is 0 Å². The van der Waals surface area contributed by atoms with Gasteiger partial charge in [0.05, 0.1) is 22.6 Å². The number of nitrogens with one attached hydrogen (secondary N) is 1. The Labute approximate surface area is 112 Å². The lowest BCUT2D eigenvalue weighted by Gasteiger charge is -2.25. The highest BCUT2D eigenvalue weighted by atomic mass is 32.2. The van der Waals surface area contributed by atoms with Crippen LogP contribution in [-0.4, -0.2) is 35.4 Å². The second-order valence-corrected chi connectivity index (χ2v) is 7.42. The van der Waals surface area contributed by atoms with Gasteiger partial charge in [-0.15, -0.1) is 0 Å². The van der Waals surface area contributed by atoms with Crippen LogP contribution in [0.4, 0.5) is 5.82 Å². The molecular formula is C11H15N3O2S2. The van der Waals surface area contributed by atoms with E-state index in [9.17, 15) is 8.42 Å². The summed E-state index contributed by atoms with van der Waals surface area (Å²) in [5.41, 5.74) is 5.75. The van der Waals surface area contributed by atoms with Crippen LogP contribution in [0.2, 0.25) is 0 Å². The molecule has 1 saturated heterocycles. The third-order valence-corrected chi connectivity index (χ3v) is 5.12. The van der Waals surface area contributed by atoms with Crippen molar-refractivity contribution >= 4 is 32.9 Å². The van der Waals surface area contributed by atoms with Crippen LogP contribution in [0.25, 0.3) is 0 Å². The summed E-state index contributed by atoms with van der Waals surface area (Å²) in [6, 6.07) is 3.51. The molecule has 2 rings (SSSR count). The predicted molar refractivity (Wildman–Crippen MR) is 75.4 cm³/mol. The fraction of sp³-hybridized carbons (Fsp3) is 0.455. The summed E-state index contributed by atoms with van der Waals surface area (Å²) in [5.74, 6) is 0.851. The minimum Gasteiger partial charge on any atom is -0.389 e. The lowest BCUT2D eigenvalue weighted by molar-refractivity contribution is 0.572. The van der Waals surface area contributed by atoms with E-state index in [0.717, 1.165) is 0 Å². The number of aromatic nitrogens is 1. The maximum atomic E-state index is 11.5. The van der Waals surface area contributed by atoms with E-state index < -0.39 is 15.4 Å². The summed E-state index contributed by atoms with van der Waals surface area (Å²) >= 11 is 4.95. The maximum Gasteiger partial charge on any atom is 0.152 e. The van der Waals surface area contributed by atoms with Gasteiger partial charge in [0.25, 0.3) is 0 Å². The smallest absolute Gasteiger partial charge is 0.152 e. The van der Waals surface area contributed by atoms with Crippen LogP contribution in [0.15, 0.2) is 18.3 Å². The Morgan fingerprint density at radius 2 is 2.33 bits per heavy atom. The third-order valence-electron chi connectivity index (χ3n) is 3.00. The van der Waals surface area contributed by atoms with Gasteiger partial charge >= 0.3 is 0 Å². The fourth-order valence-electron chi connectivity index (χ4n) is 2.10. The first kappa shape index (κ1) is 13.2. The lowest BCUT2D eigenvalue weighted by atomic mass is 10.0. The third kappa shape index (κ3) is 2.78. The Kier molecular flexibility index (Phi) is 3.29. The quantitative estimate of drug-likeness (QED) is 0.795. The van der Waals surface area contributed by atoms with Crippen molar-refractivity contribution in [2.24, 2.45) is 5.73 Å². The topological polar surface area (TPSA) is 85.1 Å². The zero-order valence-corrected chi connectivity index (χ0v) is 11.6. The number of nitrogens with zero attached hydrogens (tertiary/aromatic N) is 1. The summed E-state index contributed by atoms with van der Waals surface area (Å²) < 4.78 is 23.1. The van der Waals surface area contributed by atoms with E-state index in [1.807, 2.05) is 6.92 Å². The Hall–Kier alpha value is -1.21. The summed E-state index contributed by atoms with van der Waals surface area (Å²) in [6.45, 7) is 1.87. The summed E-state index contributed by atoms with van der Waals surface area (Å²) in [5, 5.41) is 3.17. The zero-order chi connectivity index (χ0) is 13.4. The molecule has 7 heteroatoms. The monoisotopic (exact) mass is 285 g/mol. The highest BCUT2D eigenvalue weighted by molar-refractivity contribution is 7.91. The molecule has 18 heavy (non-hydrogen) atoms. The number of thiocarbonyl (C=S) groups is 1. The van der Waals surface area contributed by atoms with Crippen LogP contribution in [-0.2, 0) is 9.84 Å². The van der Waals surface area contributed by atoms with Gasteiger partial charge in [-0.1, -0.05) is 12.2 Å². The minimum atomic E-state index is -2.96. The molecule has 1 atom stereocenters. The number of pyridine rings is 1. The van der Waals surface area contributed by atoms with Gasteiger partial charge in [-0.3, -0.25) is 0 Å². The van der Waals surface area contributed by atoms with Crippen LogP contribution in [0.3, 0.4) is 0 Å². The van der Waals surface area contributed by atoms with Crippen molar-refractivity contribution in [2.45, 2.75) is 18.9 Å². The zero-order valence-electron chi connectivity index (χ0n) is 10.0. The number of rotatable bonds is 3. The largest absolute Gasteiger partial charge is 0.389 e. The molecule has 1 aliphatic heterocycles. The molecule has 1 aromatic rings. The molecule has 3 N–H and O–H groups in total. The Balaban J connectivity index is 2.28. The SMILES string of the molecule is CC1(Nc2ncccc2C(N)=S)CCS(=O)(=O)C1. The maximum absolute atomic E-state index is 11.5. The van der Waals surface area contributed by atoms with E-state index in [1.165, 1.54) is 0 Å². The molecule has 0 aliphatic carbocycles. The molecule has 5 nitrogen and oxygen atoms in total. The van der Waals surface area contributed by atoms with Crippen LogP contribution in [0.1, 0.15) is 18.9 Å². The average Bonchev–Trinajstić information content (AvgIpc) is 2.53. The number of hydrogen-bond donors (Lipinski definition) is 2. The van der Waals surface area contributed by atoms with Gasteiger partial charge in [0, 0.05) is 6.20 Å². The Morgan fingerprint density at radius 3 is 2.89 bits per heavy atom. The van der Waals surface area contributed by atoms with E-state index in [-0.39, 0.29) is 16.5 Å². The normalized spacial score (nSPS) is 25.8. The van der Waals surface area contributed by atoms with Gasteiger partial charge in [-0.25, -0.2) is 13.4 Å². The number of anilines is 1. The molecule has 1 fully saturated rings. The molecule has 0 radical (unpaired) electrons. The molecule has 0 spiro atoms. The molecule has 0 saturated carbocycles. The first-order valence-electron chi connectivity index (χ1n) is 5.55. The molecule has 98 valence electrons. The van der Waals surface area contributed by atoms with Crippen LogP contribution < -0.4 is 11.1 Å². The summed E-state index contributed by atoms with van der Waals surface area (Å²) in [7, 11) is -2.96. The van der Waals surface area contributed by atoms with Gasteiger partial charge in [0.2, 0.25) is 0 Å². The van der Waals surface area contributed by atoms with Crippen LogP contribution in [0, 0.1) is 0 Å². The van der Waals surface area contributed by atoms with Gasteiger partial charge in [-0.2, -0.15) is 0 Å².